The van der Waals surface area contributed by atoms with Crippen LogP contribution >= 0.6 is 26.0 Å². The fourth-order valence-electron chi connectivity index (χ4n) is 2.62. The largest absolute Gasteiger partial charge is 0.480 e. The number of anilines is 1. The van der Waals surface area contributed by atoms with Crippen LogP contribution in [0.3, 0.4) is 0 Å². The fourth-order valence-corrected chi connectivity index (χ4v) is 6.43. The molecule has 14 nitrogen and oxygen atoms in total. The minimum atomic E-state index is -5.65. The van der Waals surface area contributed by atoms with Crippen molar-refractivity contribution in [2.24, 2.45) is 0 Å². The summed E-state index contributed by atoms with van der Waals surface area (Å²) in [6, 6.07) is 0. The Kier molecular flexibility index (Phi) is 6.71. The van der Waals surface area contributed by atoms with E-state index in [0.717, 1.165) is 6.33 Å². The van der Waals surface area contributed by atoms with Crippen LogP contribution in [0, 0.1) is 0 Å². The van der Waals surface area contributed by atoms with E-state index in [-0.39, 0.29) is 17.0 Å². The normalized spacial score (nSPS) is 28.5. The van der Waals surface area contributed by atoms with Crippen LogP contribution in [0.5, 0.6) is 0 Å². The predicted molar refractivity (Wildman–Crippen MR) is 96.0 cm³/mol. The minimum Gasteiger partial charge on any atom is -0.387 e. The molecule has 3 rings (SSSR count). The van der Waals surface area contributed by atoms with Crippen LogP contribution in [-0.2, 0) is 22.7 Å². The lowest BCUT2D eigenvalue weighted by Crippen LogP contribution is -2.33. The van der Waals surface area contributed by atoms with Gasteiger partial charge in [-0.1, -0.05) is 0 Å². The monoisotopic (exact) mass is 511 g/mol. The van der Waals surface area contributed by atoms with Gasteiger partial charge in [0.1, 0.15) is 30.2 Å². The number of rotatable bonds is 7. The van der Waals surface area contributed by atoms with E-state index in [1.807, 2.05) is 0 Å². The molecule has 31 heavy (non-hydrogen) atoms. The highest BCUT2D eigenvalue weighted by Gasteiger charge is 2.48. The number of phosphoric acid groups is 1. The van der Waals surface area contributed by atoms with E-state index >= 15 is 0 Å². The summed E-state index contributed by atoms with van der Waals surface area (Å²) in [5.41, 5.74) is 0.724. The number of imidazole rings is 1. The molecule has 6 N–H and O–H groups in total. The first-order valence-electron chi connectivity index (χ1n) is 7.93. The first kappa shape index (κ1) is 24.3. The van der Waals surface area contributed by atoms with E-state index in [1.54, 1.807) is 0 Å². The number of nitrogens with zero attached hydrogens (tertiary/aromatic N) is 4. The zero-order valence-electron chi connectivity index (χ0n) is 14.8. The van der Waals surface area contributed by atoms with Crippen molar-refractivity contribution < 1.29 is 55.9 Å². The van der Waals surface area contributed by atoms with Crippen molar-refractivity contribution in [1.82, 2.24) is 19.5 Å². The molecule has 6 atom stereocenters. The first-order chi connectivity index (χ1) is 14.2. The number of nitrogens with two attached hydrogens (primary N) is 1. The van der Waals surface area contributed by atoms with E-state index in [0.29, 0.717) is 0 Å². The quantitative estimate of drug-likeness (QED) is 0.321. The number of fused-ring (bicyclic) bond motifs is 1. The smallest absolute Gasteiger partial charge is 0.387 e. The molecule has 0 bridgehead atoms. The Balaban J connectivity index is 1.68. The van der Waals surface area contributed by atoms with Crippen molar-refractivity contribution in [3.63, 3.8) is 0 Å². The molecule has 20 heteroatoms. The van der Waals surface area contributed by atoms with Gasteiger partial charge in [0.25, 0.3) is 0 Å². The van der Waals surface area contributed by atoms with Crippen LogP contribution < -0.4 is 5.73 Å². The summed E-state index contributed by atoms with van der Waals surface area (Å²) in [6.45, 7) is -6.64. The Hall–Kier alpha value is -1.33. The molecule has 2 aromatic rings. The van der Waals surface area contributed by atoms with Crippen molar-refractivity contribution in [3.05, 3.63) is 12.7 Å². The number of phosphoric ester groups is 1. The van der Waals surface area contributed by atoms with Crippen LogP contribution in [0.2, 0.25) is 0 Å². The number of aliphatic hydroxyl groups is 2. The third-order valence-corrected chi connectivity index (χ3v) is 8.30. The number of hydrogen-bond donors (Lipinski definition) is 5. The second-order valence-electron chi connectivity index (χ2n) is 5.98. The highest BCUT2D eigenvalue weighted by atomic mass is 32.7. The number of aliphatic hydroxyl groups excluding tert-OH is 2. The topological polar surface area (TPSA) is 212 Å². The lowest BCUT2D eigenvalue weighted by atomic mass is 10.1. The van der Waals surface area contributed by atoms with E-state index in [4.69, 9.17) is 15.4 Å². The Labute approximate surface area is 174 Å². The SMILES string of the molecule is Nc1ncnc2c1ncn2[C@@H]1O[C@H](COP(=O)(O)OP(=O)(O)SC(F)(F)F)C(O)C1O. The number of nitrogen functional groups attached to an aromatic ring is 1. The third-order valence-electron chi connectivity index (χ3n) is 3.83. The van der Waals surface area contributed by atoms with Crippen LogP contribution in [0.4, 0.5) is 19.0 Å². The number of aromatic nitrogens is 4. The van der Waals surface area contributed by atoms with E-state index < -0.39 is 62.7 Å². The van der Waals surface area contributed by atoms with Gasteiger partial charge in [0.05, 0.1) is 24.3 Å². The average molecular weight is 511 g/mol. The maximum Gasteiger partial charge on any atom is 0.480 e. The highest BCUT2D eigenvalue weighted by molar-refractivity contribution is 8.55. The molecule has 1 aliphatic rings. The summed E-state index contributed by atoms with van der Waals surface area (Å²) in [4.78, 5) is 30.1. The Morgan fingerprint density at radius 3 is 2.55 bits per heavy atom. The molecule has 1 aliphatic heterocycles. The van der Waals surface area contributed by atoms with Gasteiger partial charge < -0.3 is 30.5 Å². The van der Waals surface area contributed by atoms with E-state index in [1.165, 1.54) is 10.9 Å². The lowest BCUT2D eigenvalue weighted by Gasteiger charge is -2.19. The van der Waals surface area contributed by atoms with Crippen LogP contribution in [0.15, 0.2) is 12.7 Å². The van der Waals surface area contributed by atoms with Crippen LogP contribution in [-0.4, -0.2) is 69.9 Å². The van der Waals surface area contributed by atoms with Gasteiger partial charge in [-0.2, -0.15) is 17.5 Å². The molecule has 0 saturated carbocycles. The highest BCUT2D eigenvalue weighted by Crippen LogP contribution is 2.70. The molecule has 0 radical (unpaired) electrons. The van der Waals surface area contributed by atoms with Gasteiger partial charge >= 0.3 is 20.1 Å². The molecule has 174 valence electrons. The van der Waals surface area contributed by atoms with Crippen molar-refractivity contribution in [2.75, 3.05) is 12.3 Å². The van der Waals surface area contributed by atoms with Gasteiger partial charge in [-0.05, 0) is 0 Å². The summed E-state index contributed by atoms with van der Waals surface area (Å²) >= 11 is -1.53. The second-order valence-corrected chi connectivity index (χ2v) is 11.3. The standard InChI is InChI=1S/C11H14F3N5O9P2S/c12-11(13,14)31-30(24,25)28-29(22,23)26-1-4-6(20)7(21)10(27-4)19-3-18-5-8(15)16-2-17-9(5)19/h2-4,6-7,10,20-21H,1H2,(H,22,23)(H,24,25)(H2,15,16,17)/t4-,6?,7?,10-/m1/s1. The van der Waals surface area contributed by atoms with Gasteiger partial charge in [0.15, 0.2) is 17.7 Å². The molecule has 0 spiro atoms. The van der Waals surface area contributed by atoms with Crippen LogP contribution in [0.25, 0.3) is 11.2 Å². The molecule has 2 aromatic heterocycles. The zero-order valence-corrected chi connectivity index (χ0v) is 17.4. The predicted octanol–water partition coefficient (Wildman–Crippen LogP) is 0.515. The molecule has 1 saturated heterocycles. The molecular formula is C11H14F3N5O9P2S. The second kappa shape index (κ2) is 8.55. The summed E-state index contributed by atoms with van der Waals surface area (Å²) in [7, 11) is -5.49. The van der Waals surface area contributed by atoms with Crippen molar-refractivity contribution in [1.29, 1.82) is 0 Å². The molecule has 0 amide bonds. The molecule has 4 unspecified atom stereocenters. The van der Waals surface area contributed by atoms with Crippen molar-refractivity contribution in [3.8, 4) is 0 Å². The van der Waals surface area contributed by atoms with Gasteiger partial charge in [-0.15, -0.1) is 0 Å². The first-order valence-corrected chi connectivity index (χ1v) is 12.4. The summed E-state index contributed by atoms with van der Waals surface area (Å²) in [5.74, 6) is 0.0280. The number of ether oxygens (including phenoxy) is 1. The minimum absolute atomic E-state index is 0.0280. The molecular weight excluding hydrogens is 497 g/mol. The van der Waals surface area contributed by atoms with Gasteiger partial charge in [-0.3, -0.25) is 9.09 Å². The number of halogens is 3. The molecule has 0 aliphatic carbocycles. The Morgan fingerprint density at radius 2 is 1.90 bits per heavy atom. The zero-order chi connectivity index (χ0) is 23.2. The van der Waals surface area contributed by atoms with Crippen molar-refractivity contribution >= 4 is 43.0 Å². The van der Waals surface area contributed by atoms with Crippen LogP contribution in [0.1, 0.15) is 6.23 Å². The van der Waals surface area contributed by atoms with E-state index in [9.17, 15) is 37.4 Å². The number of alkyl halides is 3. The van der Waals surface area contributed by atoms with E-state index in [2.05, 4.69) is 23.8 Å². The van der Waals surface area contributed by atoms with Gasteiger partial charge in [0, 0.05) is 0 Å². The maximum atomic E-state index is 12.2. The summed E-state index contributed by atoms with van der Waals surface area (Å²) in [6.07, 6.45) is -3.84. The van der Waals surface area contributed by atoms with Gasteiger partial charge in [-0.25, -0.2) is 24.1 Å². The number of hydrogen-bond acceptors (Lipinski definition) is 12. The van der Waals surface area contributed by atoms with Gasteiger partial charge in [0.2, 0.25) is 0 Å². The average Bonchev–Trinajstić information content (AvgIpc) is 3.13. The molecule has 0 aromatic carbocycles. The molecule has 1 fully saturated rings. The molecule has 3 heterocycles. The lowest BCUT2D eigenvalue weighted by molar-refractivity contribution is -0.0501. The maximum absolute atomic E-state index is 12.2. The van der Waals surface area contributed by atoms with Crippen molar-refractivity contribution in [2.45, 2.75) is 30.0 Å². The Bertz CT molecular complexity index is 1060. The Morgan fingerprint density at radius 1 is 1.23 bits per heavy atom. The third kappa shape index (κ3) is 5.73. The summed E-state index contributed by atoms with van der Waals surface area (Å²) in [5, 5.41) is 20.4. The summed E-state index contributed by atoms with van der Waals surface area (Å²) < 4.78 is 74.3. The fraction of sp³-hybridized carbons (Fsp3) is 0.545.